The van der Waals surface area contributed by atoms with Gasteiger partial charge in [0, 0.05) is 11.8 Å². The van der Waals surface area contributed by atoms with E-state index >= 15 is 0 Å². The van der Waals surface area contributed by atoms with Gasteiger partial charge in [-0.2, -0.15) is 18.3 Å². The number of carbonyl (C=O) groups excluding carboxylic acids is 1. The van der Waals surface area contributed by atoms with Crippen LogP contribution in [0.1, 0.15) is 19.8 Å². The minimum Gasteiger partial charge on any atom is -0.504 e. The number of aromatic nitrogens is 2. The van der Waals surface area contributed by atoms with E-state index in [0.29, 0.717) is 12.2 Å². The molecular weight excluding hydrogens is 598 g/mol. The Morgan fingerprint density at radius 3 is 2.06 bits per heavy atom. The smallest absolute Gasteiger partial charge is 0.490 e. The van der Waals surface area contributed by atoms with Gasteiger partial charge in [0.1, 0.15) is 5.57 Å². The lowest BCUT2D eigenvalue weighted by Crippen LogP contribution is -2.21. The van der Waals surface area contributed by atoms with Crippen molar-refractivity contribution in [1.82, 2.24) is 10.2 Å². The van der Waals surface area contributed by atoms with Crippen molar-refractivity contribution in [2.75, 3.05) is 5.32 Å². The second-order valence-corrected chi connectivity index (χ2v) is 22.0. The summed E-state index contributed by atoms with van der Waals surface area (Å²) in [6, 6.07) is 10.3. The van der Waals surface area contributed by atoms with Gasteiger partial charge in [0.2, 0.25) is 5.91 Å². The number of halogens is 4. The number of phenolic OH excluding ortho intramolecular Hbond substituents is 2. The highest BCUT2D eigenvalue weighted by Crippen LogP contribution is 2.32. The third-order valence-corrected chi connectivity index (χ3v) is 3.85. The Morgan fingerprint density at radius 2 is 1.57 bits per heavy atom. The fraction of sp³-hybridized carbons (Fsp3) is 0.318. The first-order chi connectivity index (χ1) is 16.0. The monoisotopic (exact) mass is 625 g/mol. The van der Waals surface area contributed by atoms with Crippen LogP contribution in [0, 0.1) is 0 Å². The maximum Gasteiger partial charge on any atom is 0.490 e. The average molecular weight is 625 g/mol. The van der Waals surface area contributed by atoms with E-state index in [1.54, 1.807) is 6.07 Å². The Labute approximate surface area is 213 Å². The molecule has 13 heteroatoms. The number of aromatic hydroxyl groups is 2. The zero-order chi connectivity index (χ0) is 27.0. The van der Waals surface area contributed by atoms with Crippen LogP contribution in [-0.4, -0.2) is 49.1 Å². The third-order valence-electron chi connectivity index (χ3n) is 3.85. The molecule has 8 nitrogen and oxygen atoms in total. The molecule has 5 N–H and O–H groups in total. The fourth-order valence-electron chi connectivity index (χ4n) is 2.42. The zero-order valence-electron chi connectivity index (χ0n) is 19.5. The van der Waals surface area contributed by atoms with E-state index in [1.165, 1.54) is 12.1 Å². The summed E-state index contributed by atoms with van der Waals surface area (Å²) in [5.74, 6) is -2.63. The summed E-state index contributed by atoms with van der Waals surface area (Å²) in [6.45, 7) is 8.89. The Balaban J connectivity index is 0.000000425. The van der Waals surface area contributed by atoms with E-state index in [0.717, 1.165) is 28.5 Å². The van der Waals surface area contributed by atoms with E-state index in [4.69, 9.17) is 9.90 Å². The number of hydrogen-bond donors (Lipinski definition) is 5. The number of carboxylic acids is 1. The van der Waals surface area contributed by atoms with Crippen molar-refractivity contribution in [1.29, 1.82) is 0 Å². The highest BCUT2D eigenvalue weighted by Gasteiger charge is 2.38. The quantitative estimate of drug-likeness (QED) is 0.100. The Kier molecular flexibility index (Phi) is 11.0. The Bertz CT molecular complexity index is 1160. The van der Waals surface area contributed by atoms with Crippen molar-refractivity contribution in [2.45, 2.75) is 45.6 Å². The van der Waals surface area contributed by atoms with Crippen LogP contribution in [0.3, 0.4) is 0 Å². The minimum absolute atomic E-state index is 0.0616. The first-order valence-corrected chi connectivity index (χ1v) is 16.9. The van der Waals surface area contributed by atoms with Gasteiger partial charge < -0.3 is 20.6 Å². The van der Waals surface area contributed by atoms with E-state index in [-0.39, 0.29) is 17.4 Å². The van der Waals surface area contributed by atoms with Crippen LogP contribution in [0.25, 0.3) is 22.0 Å². The molecule has 0 unspecified atom stereocenters. The van der Waals surface area contributed by atoms with E-state index in [2.05, 4.69) is 57.0 Å². The number of nitrogens with one attached hydrogen (secondary N) is 2. The molecule has 0 saturated carbocycles. The number of amides is 1. The molecule has 0 aliphatic carbocycles. The largest absolute Gasteiger partial charge is 0.504 e. The molecular formula is C22H27F3IN3O5Si. The van der Waals surface area contributed by atoms with Gasteiger partial charge in [0.15, 0.2) is 17.3 Å². The lowest BCUT2D eigenvalue weighted by molar-refractivity contribution is -0.192. The van der Waals surface area contributed by atoms with Crippen LogP contribution in [0.2, 0.25) is 19.6 Å². The molecule has 1 aromatic heterocycles. The van der Waals surface area contributed by atoms with Gasteiger partial charge in [-0.3, -0.25) is 9.89 Å². The number of fused-ring (bicyclic) bond motifs is 1. The molecule has 0 aliphatic heterocycles. The second kappa shape index (κ2) is 12.8. The minimum atomic E-state index is -5.08. The van der Waals surface area contributed by atoms with Crippen LogP contribution in [-0.2, 0) is 9.59 Å². The summed E-state index contributed by atoms with van der Waals surface area (Å²) in [5.41, 5.74) is 1.77. The number of nitrogens with zero attached hydrogens (tertiary/aromatic N) is 1. The number of hydrogen-bond acceptors (Lipinski definition) is 5. The maximum atomic E-state index is 11.7. The number of aliphatic carboxylic acids is 1. The number of carbonyl (C=O) groups is 2. The van der Waals surface area contributed by atoms with Gasteiger partial charge in [-0.1, -0.05) is 38.7 Å². The average Bonchev–Trinajstić information content (AvgIpc) is 3.10. The number of anilines is 1. The number of benzene rings is 2. The Hall–Kier alpha value is -2.81. The molecule has 3 rings (SSSR count). The SMILES string of the molecule is CCCC(=O)Nc1n[nH]c2cc(-c3ccc(O)c(O)c3)ccc12.C[Si](C)(C)I.O=C(O)C(F)(F)F. The predicted molar refractivity (Wildman–Crippen MR) is 139 cm³/mol. The lowest BCUT2D eigenvalue weighted by Gasteiger charge is -2.05. The topological polar surface area (TPSA) is 136 Å². The molecule has 2 aromatic carbocycles. The summed E-state index contributed by atoms with van der Waals surface area (Å²) in [6.07, 6.45) is -3.85. The number of rotatable bonds is 4. The molecule has 3 aromatic rings. The summed E-state index contributed by atoms with van der Waals surface area (Å²) in [5, 5.41) is 36.8. The summed E-state index contributed by atoms with van der Waals surface area (Å²) >= 11 is 2.52. The Morgan fingerprint density at radius 1 is 1.06 bits per heavy atom. The molecule has 0 bridgehead atoms. The summed E-state index contributed by atoms with van der Waals surface area (Å²) in [7, 11) is 0. The predicted octanol–water partition coefficient (Wildman–Crippen LogP) is 6.27. The van der Waals surface area contributed by atoms with Crippen molar-refractivity contribution in [3.8, 4) is 22.6 Å². The lowest BCUT2D eigenvalue weighted by atomic mass is 10.0. The first-order valence-electron chi connectivity index (χ1n) is 10.3. The highest BCUT2D eigenvalue weighted by atomic mass is 127. The number of carboxylic acid groups (broad SMARTS) is 1. The van der Waals surface area contributed by atoms with Crippen LogP contribution in [0.4, 0.5) is 19.0 Å². The fourth-order valence-corrected chi connectivity index (χ4v) is 2.42. The normalized spacial score (nSPS) is 11.1. The van der Waals surface area contributed by atoms with Crippen molar-refractivity contribution < 1.29 is 38.1 Å². The van der Waals surface area contributed by atoms with E-state index in [1.807, 2.05) is 25.1 Å². The van der Waals surface area contributed by atoms with E-state index < -0.39 is 17.7 Å². The molecule has 0 spiro atoms. The standard InChI is InChI=1S/C17H17N3O3.C3H9ISi.C2HF3O2/c1-2-3-16(23)18-17-12-6-4-10(8-13(12)19-20-17)11-5-7-14(21)15(22)9-11;1-5(2,3)4;3-2(4,5)1(6)7/h4-9,21-22H,2-3H2,1H3,(H2,18,19,20,23);1-3H3;(H,6,7). The van der Waals surface area contributed by atoms with Gasteiger partial charge in [-0.05, 0) is 41.8 Å². The van der Waals surface area contributed by atoms with Crippen LogP contribution in [0.5, 0.6) is 11.5 Å². The van der Waals surface area contributed by atoms with Gasteiger partial charge >= 0.3 is 12.1 Å². The van der Waals surface area contributed by atoms with Crippen LogP contribution >= 0.6 is 21.8 Å². The van der Waals surface area contributed by atoms with Gasteiger partial charge in [0.05, 0.1) is 5.52 Å². The van der Waals surface area contributed by atoms with Crippen molar-refractivity contribution in [2.24, 2.45) is 0 Å². The molecule has 1 heterocycles. The molecule has 0 radical (unpaired) electrons. The number of aromatic amines is 1. The van der Waals surface area contributed by atoms with Crippen LogP contribution < -0.4 is 5.32 Å². The molecule has 192 valence electrons. The summed E-state index contributed by atoms with van der Waals surface area (Å²) in [4.78, 5) is 20.6. The van der Waals surface area contributed by atoms with Gasteiger partial charge in [-0.25, -0.2) is 4.79 Å². The van der Waals surface area contributed by atoms with Gasteiger partial charge in [0.25, 0.3) is 0 Å². The second-order valence-electron chi connectivity index (χ2n) is 8.20. The molecule has 0 fully saturated rings. The van der Waals surface area contributed by atoms with Crippen molar-refractivity contribution >= 4 is 56.0 Å². The number of H-pyrrole nitrogens is 1. The number of alkyl halides is 3. The molecule has 1 amide bonds. The molecule has 0 saturated heterocycles. The highest BCUT2D eigenvalue weighted by molar-refractivity contribution is 14.1. The zero-order valence-corrected chi connectivity index (χ0v) is 22.7. The van der Waals surface area contributed by atoms with Gasteiger partial charge in [-0.15, -0.1) is 21.8 Å². The molecule has 35 heavy (non-hydrogen) atoms. The number of phenols is 2. The first kappa shape index (κ1) is 30.2. The molecule has 0 aliphatic rings. The van der Waals surface area contributed by atoms with Crippen LogP contribution in [0.15, 0.2) is 36.4 Å². The van der Waals surface area contributed by atoms with Crippen molar-refractivity contribution in [3.05, 3.63) is 36.4 Å². The third kappa shape index (κ3) is 11.0. The van der Waals surface area contributed by atoms with Crippen molar-refractivity contribution in [3.63, 3.8) is 0 Å². The molecule has 0 atom stereocenters. The maximum absolute atomic E-state index is 11.7. The summed E-state index contributed by atoms with van der Waals surface area (Å²) < 4.78 is 31.7. The van der Waals surface area contributed by atoms with E-state index in [9.17, 15) is 28.2 Å².